The Morgan fingerprint density at radius 3 is 2.61 bits per heavy atom. The van der Waals surface area contributed by atoms with Crippen LogP contribution in [0.25, 0.3) is 38.8 Å². The van der Waals surface area contributed by atoms with Crippen LogP contribution in [-0.2, 0) is 16.6 Å². The molecule has 2 N–H and O–H groups in total. The van der Waals surface area contributed by atoms with Crippen LogP contribution in [0, 0.1) is 18.3 Å². The molecule has 1 saturated carbocycles. The number of nitriles is 1. The Hall–Kier alpha value is -5.96. The lowest BCUT2D eigenvalue weighted by Crippen LogP contribution is -2.35. The predicted molar refractivity (Wildman–Crippen MR) is 196 cm³/mol. The zero-order chi connectivity index (χ0) is 35.5. The third-order valence-electron chi connectivity index (χ3n) is 9.72. The maximum absolute atomic E-state index is 14.0. The molecule has 1 aliphatic carbocycles. The second-order valence-corrected chi connectivity index (χ2v) is 12.9. The first-order valence-electron chi connectivity index (χ1n) is 17.0. The highest BCUT2D eigenvalue weighted by Gasteiger charge is 2.23. The van der Waals surface area contributed by atoms with Crippen LogP contribution >= 0.6 is 0 Å². The molecule has 0 spiro atoms. The standard InChI is InChI=1S/C40H38N8O3/c1-25-18-35-39(45-24-47(35)2)38(28-21-42-23-43-22-28)37(25)31-6-5-17-48-33(31)14-15-34(48)40(50)26-8-13-32(27(19-26)20-41)46-36(49)7-4-16-44-29-9-11-30(51-3)12-10-29/h4-8,13-15,17-19,21-24,29-30,44H,9-12,16H2,1-3H3,(H,46,49)/b7-4+/t29-,30-. The smallest absolute Gasteiger partial charge is 0.248 e. The fourth-order valence-corrected chi connectivity index (χ4v) is 7.10. The molecule has 1 amide bonds. The summed E-state index contributed by atoms with van der Waals surface area (Å²) in [6.45, 7) is 2.64. The number of ketones is 1. The van der Waals surface area contributed by atoms with Gasteiger partial charge in [-0.3, -0.25) is 9.59 Å². The molecule has 0 unspecified atom stereocenters. The van der Waals surface area contributed by atoms with Gasteiger partial charge in [0, 0.05) is 73.7 Å². The fraction of sp³-hybridized carbons (Fsp3) is 0.250. The molecule has 11 nitrogen and oxygen atoms in total. The molecule has 0 saturated heterocycles. The summed E-state index contributed by atoms with van der Waals surface area (Å²) >= 11 is 0. The van der Waals surface area contributed by atoms with Gasteiger partial charge in [-0.25, -0.2) is 15.0 Å². The highest BCUT2D eigenvalue weighted by molar-refractivity contribution is 6.11. The maximum Gasteiger partial charge on any atom is 0.248 e. The van der Waals surface area contributed by atoms with E-state index < -0.39 is 0 Å². The molecule has 51 heavy (non-hydrogen) atoms. The van der Waals surface area contributed by atoms with Crippen LogP contribution in [-0.4, -0.2) is 61.4 Å². The predicted octanol–water partition coefficient (Wildman–Crippen LogP) is 6.40. The molecule has 0 aliphatic heterocycles. The van der Waals surface area contributed by atoms with Crippen molar-refractivity contribution in [3.05, 3.63) is 114 Å². The number of fused-ring (bicyclic) bond motifs is 2. The van der Waals surface area contributed by atoms with E-state index in [4.69, 9.17) is 9.72 Å². The van der Waals surface area contributed by atoms with Gasteiger partial charge >= 0.3 is 0 Å². The van der Waals surface area contributed by atoms with E-state index in [1.807, 2.05) is 40.4 Å². The summed E-state index contributed by atoms with van der Waals surface area (Å²) in [5.41, 5.74) is 8.69. The minimum atomic E-state index is -0.346. The molecular weight excluding hydrogens is 640 g/mol. The molecular formula is C40H38N8O3. The summed E-state index contributed by atoms with van der Waals surface area (Å²) in [7, 11) is 3.72. The molecule has 11 heteroatoms. The molecule has 1 fully saturated rings. The highest BCUT2D eigenvalue weighted by atomic mass is 16.5. The van der Waals surface area contributed by atoms with Crippen LogP contribution in [0.1, 0.15) is 52.9 Å². The van der Waals surface area contributed by atoms with Crippen molar-refractivity contribution in [2.24, 2.45) is 7.05 Å². The lowest BCUT2D eigenvalue weighted by atomic mass is 9.90. The molecule has 0 atom stereocenters. The van der Waals surface area contributed by atoms with Gasteiger partial charge in [-0.05, 0) is 86.2 Å². The van der Waals surface area contributed by atoms with Crippen molar-refractivity contribution in [3.63, 3.8) is 0 Å². The van der Waals surface area contributed by atoms with E-state index in [2.05, 4.69) is 39.7 Å². The Morgan fingerprint density at radius 1 is 1.04 bits per heavy atom. The molecule has 0 bridgehead atoms. The molecule has 256 valence electrons. The van der Waals surface area contributed by atoms with E-state index in [9.17, 15) is 14.9 Å². The Morgan fingerprint density at radius 2 is 1.84 bits per heavy atom. The summed E-state index contributed by atoms with van der Waals surface area (Å²) in [6.07, 6.45) is 16.5. The molecule has 1 aliphatic rings. The minimum Gasteiger partial charge on any atom is -0.381 e. The van der Waals surface area contributed by atoms with Crippen LogP contribution in [0.3, 0.4) is 0 Å². The molecule has 0 radical (unpaired) electrons. The number of benzene rings is 2. The third kappa shape index (κ3) is 6.67. The van der Waals surface area contributed by atoms with Crippen LogP contribution in [0.15, 0.2) is 91.9 Å². The number of aryl methyl sites for hydroxylation is 2. The third-order valence-corrected chi connectivity index (χ3v) is 9.72. The maximum atomic E-state index is 14.0. The van der Waals surface area contributed by atoms with E-state index in [-0.39, 0.29) is 17.3 Å². The Kier molecular flexibility index (Phi) is 9.53. The number of anilines is 1. The lowest BCUT2D eigenvalue weighted by Gasteiger charge is -2.27. The lowest BCUT2D eigenvalue weighted by molar-refractivity contribution is -0.111. The van der Waals surface area contributed by atoms with Crippen LogP contribution in [0.5, 0.6) is 0 Å². The number of carbonyl (C=O) groups is 2. The number of hydrogen-bond donors (Lipinski definition) is 2. The molecule has 6 aromatic rings. The average Bonchev–Trinajstić information content (AvgIpc) is 3.76. The molecule has 4 aromatic heterocycles. The van der Waals surface area contributed by atoms with E-state index >= 15 is 0 Å². The number of nitrogens with zero attached hydrogens (tertiary/aromatic N) is 6. The minimum absolute atomic E-state index is 0.200. The second kappa shape index (κ2) is 14.5. The first kappa shape index (κ1) is 33.5. The zero-order valence-corrected chi connectivity index (χ0v) is 28.8. The van der Waals surface area contributed by atoms with Gasteiger partial charge in [0.2, 0.25) is 11.7 Å². The quantitative estimate of drug-likeness (QED) is 0.125. The molecule has 7 rings (SSSR count). The van der Waals surface area contributed by atoms with Crippen molar-refractivity contribution in [1.29, 1.82) is 5.26 Å². The first-order chi connectivity index (χ1) is 24.9. The van der Waals surface area contributed by atoms with Gasteiger partial charge < -0.3 is 24.3 Å². The Balaban J connectivity index is 1.13. The van der Waals surface area contributed by atoms with Gasteiger partial charge in [0.1, 0.15) is 12.4 Å². The van der Waals surface area contributed by atoms with Gasteiger partial charge in [0.15, 0.2) is 0 Å². The zero-order valence-electron chi connectivity index (χ0n) is 28.8. The SMILES string of the molecule is CO[C@H]1CC[C@H](NC/C=C/C(=O)Nc2ccc(C(=O)c3ccc4c(-c5c(C)cc6c(ncn6C)c5-c5cncnc5)cccn34)cc2C#N)CC1. The van der Waals surface area contributed by atoms with E-state index in [0.717, 1.165) is 70.1 Å². The average molecular weight is 679 g/mol. The Bertz CT molecular complexity index is 2330. The van der Waals surface area contributed by atoms with Crippen molar-refractivity contribution in [3.8, 4) is 28.3 Å². The van der Waals surface area contributed by atoms with Gasteiger partial charge in [0.05, 0.1) is 45.9 Å². The van der Waals surface area contributed by atoms with Crippen molar-refractivity contribution < 1.29 is 14.3 Å². The van der Waals surface area contributed by atoms with Crippen molar-refractivity contribution in [2.75, 3.05) is 19.0 Å². The van der Waals surface area contributed by atoms with E-state index in [1.54, 1.807) is 50.1 Å². The normalized spacial score (nSPS) is 16.1. The molecule has 4 heterocycles. The van der Waals surface area contributed by atoms with Gasteiger partial charge in [-0.15, -0.1) is 0 Å². The number of carbonyl (C=O) groups excluding carboxylic acids is 2. The number of ether oxygens (including phenoxy) is 1. The topological polar surface area (TPSA) is 139 Å². The number of nitrogens with one attached hydrogen (secondary N) is 2. The Labute approximate surface area is 295 Å². The number of amides is 1. The van der Waals surface area contributed by atoms with E-state index in [0.29, 0.717) is 35.6 Å². The van der Waals surface area contributed by atoms with Gasteiger partial charge in [-0.2, -0.15) is 5.26 Å². The summed E-state index contributed by atoms with van der Waals surface area (Å²) in [5, 5.41) is 16.2. The van der Waals surface area contributed by atoms with Crippen LogP contribution in [0.2, 0.25) is 0 Å². The van der Waals surface area contributed by atoms with E-state index in [1.165, 1.54) is 18.5 Å². The monoisotopic (exact) mass is 678 g/mol. The first-order valence-corrected chi connectivity index (χ1v) is 17.0. The van der Waals surface area contributed by atoms with Gasteiger partial charge in [0.25, 0.3) is 0 Å². The van der Waals surface area contributed by atoms with Crippen molar-refractivity contribution >= 4 is 33.9 Å². The number of hydrogen-bond acceptors (Lipinski definition) is 8. The summed E-state index contributed by atoms with van der Waals surface area (Å²) < 4.78 is 9.30. The van der Waals surface area contributed by atoms with Gasteiger partial charge in [-0.1, -0.05) is 12.1 Å². The number of aromatic nitrogens is 5. The molecule has 2 aromatic carbocycles. The van der Waals surface area contributed by atoms with Crippen molar-refractivity contribution in [2.45, 2.75) is 44.8 Å². The number of methoxy groups -OCH3 is 1. The van der Waals surface area contributed by atoms with Crippen LogP contribution < -0.4 is 10.6 Å². The summed E-state index contributed by atoms with van der Waals surface area (Å²) in [5.74, 6) is -0.596. The largest absolute Gasteiger partial charge is 0.381 e. The number of imidazole rings is 1. The fourth-order valence-electron chi connectivity index (χ4n) is 7.10. The highest BCUT2D eigenvalue weighted by Crippen LogP contribution is 2.41. The summed E-state index contributed by atoms with van der Waals surface area (Å²) in [4.78, 5) is 40.0. The summed E-state index contributed by atoms with van der Waals surface area (Å²) in [6, 6.07) is 17.1. The number of rotatable bonds is 10. The van der Waals surface area contributed by atoms with Crippen molar-refractivity contribution in [1.82, 2.24) is 29.2 Å². The second-order valence-electron chi connectivity index (χ2n) is 12.9. The van der Waals surface area contributed by atoms with Crippen LogP contribution in [0.4, 0.5) is 5.69 Å². The number of pyridine rings is 1.